The minimum atomic E-state index is -0.207. The van der Waals surface area contributed by atoms with Gasteiger partial charge in [-0.3, -0.25) is 9.78 Å². The average molecular weight is 415 g/mol. The molecular formula is C23H21N5O3. The van der Waals surface area contributed by atoms with Crippen LogP contribution in [0.15, 0.2) is 53.8 Å². The second-order valence-electron chi connectivity index (χ2n) is 7.36. The van der Waals surface area contributed by atoms with Crippen molar-refractivity contribution in [2.24, 2.45) is 0 Å². The van der Waals surface area contributed by atoms with Crippen LogP contribution in [-0.2, 0) is 13.0 Å². The van der Waals surface area contributed by atoms with Gasteiger partial charge in [0.15, 0.2) is 11.5 Å². The lowest BCUT2D eigenvalue weighted by Gasteiger charge is -2.30. The maximum atomic E-state index is 12.8. The smallest absolute Gasteiger partial charge is 0.260 e. The number of aromatic nitrogens is 4. The van der Waals surface area contributed by atoms with Crippen molar-refractivity contribution in [3.8, 4) is 22.6 Å². The van der Waals surface area contributed by atoms with Crippen molar-refractivity contribution in [1.29, 1.82) is 0 Å². The molecule has 31 heavy (non-hydrogen) atoms. The first-order valence-corrected chi connectivity index (χ1v) is 9.95. The molecule has 0 fully saturated rings. The van der Waals surface area contributed by atoms with Crippen molar-refractivity contribution in [1.82, 2.24) is 19.9 Å². The van der Waals surface area contributed by atoms with E-state index in [-0.39, 0.29) is 5.56 Å². The lowest BCUT2D eigenvalue weighted by atomic mass is 9.92. The van der Waals surface area contributed by atoms with Gasteiger partial charge in [-0.05, 0) is 29.2 Å². The van der Waals surface area contributed by atoms with E-state index in [0.717, 1.165) is 24.1 Å². The van der Waals surface area contributed by atoms with Crippen molar-refractivity contribution in [3.05, 3.63) is 70.5 Å². The van der Waals surface area contributed by atoms with Gasteiger partial charge in [-0.25, -0.2) is 15.0 Å². The van der Waals surface area contributed by atoms with Crippen molar-refractivity contribution in [2.45, 2.75) is 13.0 Å². The summed E-state index contributed by atoms with van der Waals surface area (Å²) < 4.78 is 10.7. The summed E-state index contributed by atoms with van der Waals surface area (Å²) in [6.45, 7) is 1.39. The molecule has 3 heterocycles. The first-order chi connectivity index (χ1) is 15.2. The summed E-state index contributed by atoms with van der Waals surface area (Å²) >= 11 is 0. The van der Waals surface area contributed by atoms with Crippen molar-refractivity contribution < 1.29 is 9.47 Å². The minimum absolute atomic E-state index is 0.207. The van der Waals surface area contributed by atoms with E-state index in [9.17, 15) is 4.79 Å². The third-order valence-electron chi connectivity index (χ3n) is 5.64. The van der Waals surface area contributed by atoms with E-state index >= 15 is 0 Å². The summed E-state index contributed by atoms with van der Waals surface area (Å²) in [6.07, 6.45) is 6.03. The lowest BCUT2D eigenvalue weighted by molar-refractivity contribution is 0.355. The highest BCUT2D eigenvalue weighted by Gasteiger charge is 2.22. The van der Waals surface area contributed by atoms with Crippen molar-refractivity contribution in [2.75, 3.05) is 25.7 Å². The maximum absolute atomic E-state index is 12.8. The SMILES string of the molecule is COc1cc2nc(N3CCc4c(cccc4-c4cncnc4)C3)[nH]c(=O)c2cc1OC. The molecule has 8 nitrogen and oxygen atoms in total. The second-order valence-corrected chi connectivity index (χ2v) is 7.36. The molecule has 5 rings (SSSR count). The monoisotopic (exact) mass is 415 g/mol. The number of H-pyrrole nitrogens is 1. The van der Waals surface area contributed by atoms with Gasteiger partial charge >= 0.3 is 0 Å². The van der Waals surface area contributed by atoms with Gasteiger partial charge in [0.1, 0.15) is 6.33 Å². The molecule has 156 valence electrons. The van der Waals surface area contributed by atoms with E-state index in [1.54, 1.807) is 26.4 Å². The Labute approximate surface area is 178 Å². The largest absolute Gasteiger partial charge is 0.493 e. The Kier molecular flexibility index (Phi) is 4.74. The van der Waals surface area contributed by atoms with Gasteiger partial charge in [-0.15, -0.1) is 0 Å². The standard InChI is InChI=1S/C23H21N5O3/c1-30-20-8-18-19(9-21(20)31-2)26-23(27-22(18)29)28-7-6-17-14(12-28)4-3-5-16(17)15-10-24-13-25-11-15/h3-5,8-11,13H,6-7,12H2,1-2H3,(H,26,27,29). The predicted molar refractivity (Wildman–Crippen MR) is 118 cm³/mol. The zero-order valence-electron chi connectivity index (χ0n) is 17.3. The summed E-state index contributed by atoms with van der Waals surface area (Å²) in [5.74, 6) is 1.58. The average Bonchev–Trinajstić information content (AvgIpc) is 2.83. The predicted octanol–water partition coefficient (Wildman–Crippen LogP) is 2.96. The number of hydrogen-bond acceptors (Lipinski definition) is 7. The van der Waals surface area contributed by atoms with Gasteiger partial charge in [-0.1, -0.05) is 18.2 Å². The molecule has 0 atom stereocenters. The number of fused-ring (bicyclic) bond motifs is 2. The Morgan fingerprint density at radius 3 is 2.61 bits per heavy atom. The van der Waals surface area contributed by atoms with Crippen LogP contribution >= 0.6 is 0 Å². The number of benzene rings is 2. The first-order valence-electron chi connectivity index (χ1n) is 9.95. The lowest BCUT2D eigenvalue weighted by Crippen LogP contribution is -2.33. The molecule has 4 aromatic rings. The number of hydrogen-bond donors (Lipinski definition) is 1. The molecule has 1 N–H and O–H groups in total. The summed E-state index contributed by atoms with van der Waals surface area (Å²) in [5.41, 5.74) is 4.99. The van der Waals surface area contributed by atoms with E-state index < -0.39 is 0 Å². The topological polar surface area (TPSA) is 93.2 Å². The number of aromatic amines is 1. The molecule has 0 unspecified atom stereocenters. The van der Waals surface area contributed by atoms with Gasteiger partial charge in [-0.2, -0.15) is 0 Å². The number of ether oxygens (including phenoxy) is 2. The van der Waals surface area contributed by atoms with E-state index in [4.69, 9.17) is 14.5 Å². The Morgan fingerprint density at radius 1 is 1.06 bits per heavy atom. The number of nitrogens with zero attached hydrogens (tertiary/aromatic N) is 4. The Balaban J connectivity index is 1.52. The molecule has 0 radical (unpaired) electrons. The Morgan fingerprint density at radius 2 is 1.84 bits per heavy atom. The highest BCUT2D eigenvalue weighted by atomic mass is 16.5. The number of methoxy groups -OCH3 is 2. The quantitative estimate of drug-likeness (QED) is 0.548. The molecule has 2 aromatic carbocycles. The van der Waals surface area contributed by atoms with E-state index in [1.807, 2.05) is 18.5 Å². The molecule has 2 aromatic heterocycles. The van der Waals surface area contributed by atoms with Crippen LogP contribution in [0.1, 0.15) is 11.1 Å². The normalized spacial score (nSPS) is 13.2. The summed E-state index contributed by atoms with van der Waals surface area (Å²) in [7, 11) is 3.11. The number of nitrogens with one attached hydrogen (secondary N) is 1. The molecule has 0 saturated carbocycles. The van der Waals surface area contributed by atoms with Gasteiger partial charge in [0.05, 0.1) is 25.1 Å². The van der Waals surface area contributed by atoms with Crippen molar-refractivity contribution >= 4 is 16.9 Å². The van der Waals surface area contributed by atoms with Gasteiger partial charge in [0.2, 0.25) is 5.95 Å². The van der Waals surface area contributed by atoms with Crippen molar-refractivity contribution in [3.63, 3.8) is 0 Å². The zero-order valence-corrected chi connectivity index (χ0v) is 17.3. The van der Waals surface area contributed by atoms with Crippen LogP contribution in [0, 0.1) is 0 Å². The molecule has 0 amide bonds. The van der Waals surface area contributed by atoms with Crippen LogP contribution in [0.3, 0.4) is 0 Å². The fourth-order valence-electron chi connectivity index (χ4n) is 4.10. The fraction of sp³-hybridized carbons (Fsp3) is 0.217. The van der Waals surface area contributed by atoms with Gasteiger partial charge in [0.25, 0.3) is 5.56 Å². The van der Waals surface area contributed by atoms with Crippen LogP contribution in [0.2, 0.25) is 0 Å². The Hall–Kier alpha value is -3.94. The highest BCUT2D eigenvalue weighted by Crippen LogP contribution is 2.32. The van der Waals surface area contributed by atoms with Crippen LogP contribution in [0.25, 0.3) is 22.0 Å². The van der Waals surface area contributed by atoms with Crippen LogP contribution in [-0.4, -0.2) is 40.7 Å². The van der Waals surface area contributed by atoms with Gasteiger partial charge in [0, 0.05) is 37.1 Å². The van der Waals surface area contributed by atoms with Crippen LogP contribution in [0.4, 0.5) is 5.95 Å². The summed E-state index contributed by atoms with van der Waals surface area (Å²) in [4.78, 5) is 30.8. The minimum Gasteiger partial charge on any atom is -0.493 e. The van der Waals surface area contributed by atoms with E-state index in [1.165, 1.54) is 17.5 Å². The molecular weight excluding hydrogens is 394 g/mol. The third kappa shape index (κ3) is 3.35. The molecule has 0 spiro atoms. The highest BCUT2D eigenvalue weighted by molar-refractivity contribution is 5.82. The third-order valence-corrected chi connectivity index (χ3v) is 5.64. The number of anilines is 1. The molecule has 8 heteroatoms. The number of rotatable bonds is 4. The second kappa shape index (κ2) is 7.71. The molecule has 0 saturated heterocycles. The fourth-order valence-corrected chi connectivity index (χ4v) is 4.10. The van der Waals surface area contributed by atoms with E-state index in [0.29, 0.717) is 34.9 Å². The first kappa shape index (κ1) is 19.0. The van der Waals surface area contributed by atoms with Crippen LogP contribution in [0.5, 0.6) is 11.5 Å². The van der Waals surface area contributed by atoms with Gasteiger partial charge < -0.3 is 14.4 Å². The molecule has 1 aliphatic heterocycles. The molecule has 0 bridgehead atoms. The van der Waals surface area contributed by atoms with Crippen LogP contribution < -0.4 is 19.9 Å². The summed E-state index contributed by atoms with van der Waals surface area (Å²) in [5, 5.41) is 0.463. The maximum Gasteiger partial charge on any atom is 0.260 e. The summed E-state index contributed by atoms with van der Waals surface area (Å²) in [6, 6.07) is 9.64. The zero-order chi connectivity index (χ0) is 21.4. The Bertz CT molecular complexity index is 1320. The molecule has 1 aliphatic rings. The van der Waals surface area contributed by atoms with E-state index in [2.05, 4.69) is 32.0 Å². The molecule has 0 aliphatic carbocycles.